The van der Waals surface area contributed by atoms with Crippen LogP contribution in [0.2, 0.25) is 5.02 Å². The van der Waals surface area contributed by atoms with E-state index in [0.29, 0.717) is 17.4 Å². The van der Waals surface area contributed by atoms with Crippen molar-refractivity contribution in [2.24, 2.45) is 11.3 Å². The Morgan fingerprint density at radius 2 is 2.32 bits per heavy atom. The normalized spacial score (nSPS) is 27.2. The molecule has 104 valence electrons. The van der Waals surface area contributed by atoms with Crippen LogP contribution in [-0.2, 0) is 11.2 Å². The monoisotopic (exact) mass is 280 g/mol. The summed E-state index contributed by atoms with van der Waals surface area (Å²) in [4.78, 5) is 11.8. The number of halogens is 1. The third kappa shape index (κ3) is 3.30. The van der Waals surface area contributed by atoms with E-state index in [2.05, 4.69) is 6.92 Å². The van der Waals surface area contributed by atoms with Crippen molar-refractivity contribution in [3.63, 3.8) is 0 Å². The van der Waals surface area contributed by atoms with Gasteiger partial charge < -0.3 is 5.11 Å². The van der Waals surface area contributed by atoms with Crippen molar-refractivity contribution >= 4 is 17.6 Å². The Labute approximate surface area is 119 Å². The minimum absolute atomic E-state index is 0.545. The minimum atomic E-state index is -0.648. The summed E-state index contributed by atoms with van der Waals surface area (Å²) in [6, 6.07) is 7.59. The van der Waals surface area contributed by atoms with Gasteiger partial charge in [-0.25, -0.2) is 0 Å². The third-order valence-corrected chi connectivity index (χ3v) is 4.64. The van der Waals surface area contributed by atoms with Crippen LogP contribution in [0.15, 0.2) is 24.3 Å². The van der Waals surface area contributed by atoms with Crippen molar-refractivity contribution in [3.8, 4) is 0 Å². The lowest BCUT2D eigenvalue weighted by Gasteiger charge is -2.37. The van der Waals surface area contributed by atoms with E-state index in [0.717, 1.165) is 31.2 Å². The van der Waals surface area contributed by atoms with Gasteiger partial charge in [0.25, 0.3) is 0 Å². The molecule has 0 aliphatic heterocycles. The molecular formula is C16H21ClO2. The van der Waals surface area contributed by atoms with Crippen LogP contribution in [0.4, 0.5) is 0 Å². The number of carboxylic acids is 1. The summed E-state index contributed by atoms with van der Waals surface area (Å²) in [7, 11) is 0. The van der Waals surface area contributed by atoms with Crippen LogP contribution in [0.25, 0.3) is 0 Å². The fourth-order valence-corrected chi connectivity index (χ4v) is 3.52. The maximum atomic E-state index is 11.8. The molecule has 2 unspecified atom stereocenters. The summed E-state index contributed by atoms with van der Waals surface area (Å²) in [5.41, 5.74) is 0.440. The van der Waals surface area contributed by atoms with E-state index >= 15 is 0 Å². The Morgan fingerprint density at radius 3 is 2.95 bits per heavy atom. The maximum Gasteiger partial charge on any atom is 0.309 e. The molecule has 1 fully saturated rings. The second kappa shape index (κ2) is 5.96. The van der Waals surface area contributed by atoms with Gasteiger partial charge >= 0.3 is 5.97 Å². The van der Waals surface area contributed by atoms with Crippen LogP contribution < -0.4 is 0 Å². The van der Waals surface area contributed by atoms with E-state index in [9.17, 15) is 9.90 Å². The average Bonchev–Trinajstić information content (AvgIpc) is 2.38. The zero-order valence-electron chi connectivity index (χ0n) is 11.4. The predicted molar refractivity (Wildman–Crippen MR) is 77.5 cm³/mol. The molecule has 3 heteroatoms. The molecule has 0 aromatic heterocycles. The number of hydrogen-bond donors (Lipinski definition) is 1. The highest BCUT2D eigenvalue weighted by molar-refractivity contribution is 6.30. The topological polar surface area (TPSA) is 37.3 Å². The van der Waals surface area contributed by atoms with E-state index in [4.69, 9.17) is 11.6 Å². The molecule has 2 atom stereocenters. The Balaban J connectivity index is 2.22. The van der Waals surface area contributed by atoms with Gasteiger partial charge in [0.05, 0.1) is 5.41 Å². The van der Waals surface area contributed by atoms with Crippen LogP contribution in [0, 0.1) is 11.3 Å². The molecule has 0 spiro atoms. The summed E-state index contributed by atoms with van der Waals surface area (Å²) in [6.45, 7) is 2.15. The lowest BCUT2D eigenvalue weighted by Crippen LogP contribution is -2.38. The quantitative estimate of drug-likeness (QED) is 0.878. The Hall–Kier alpha value is -1.02. The van der Waals surface area contributed by atoms with E-state index in [1.807, 2.05) is 24.3 Å². The van der Waals surface area contributed by atoms with Crippen LogP contribution >= 0.6 is 11.6 Å². The van der Waals surface area contributed by atoms with Crippen molar-refractivity contribution in [1.29, 1.82) is 0 Å². The van der Waals surface area contributed by atoms with Gasteiger partial charge in [0, 0.05) is 5.02 Å². The van der Waals surface area contributed by atoms with Gasteiger partial charge in [-0.2, -0.15) is 0 Å². The summed E-state index contributed by atoms with van der Waals surface area (Å²) in [6.07, 6.45) is 5.44. The van der Waals surface area contributed by atoms with Gasteiger partial charge in [0.2, 0.25) is 0 Å². The van der Waals surface area contributed by atoms with E-state index < -0.39 is 11.4 Å². The largest absolute Gasteiger partial charge is 0.481 e. The van der Waals surface area contributed by atoms with Crippen molar-refractivity contribution in [1.82, 2.24) is 0 Å². The second-order valence-corrected chi connectivity index (χ2v) is 6.20. The number of benzene rings is 1. The first-order valence-corrected chi connectivity index (χ1v) is 7.41. The average molecular weight is 281 g/mol. The summed E-state index contributed by atoms with van der Waals surface area (Å²) in [5, 5.41) is 10.4. The molecule has 0 bridgehead atoms. The lowest BCUT2D eigenvalue weighted by atomic mass is 9.66. The fraction of sp³-hybridized carbons (Fsp3) is 0.562. The SMILES string of the molecule is CCC1CCCC(Cc2cccc(Cl)c2)(C(=O)O)C1. The Bertz CT molecular complexity index is 458. The Morgan fingerprint density at radius 1 is 1.53 bits per heavy atom. The Kier molecular flexibility index (Phi) is 4.51. The highest BCUT2D eigenvalue weighted by Gasteiger charge is 2.42. The van der Waals surface area contributed by atoms with E-state index in [1.54, 1.807) is 0 Å². The summed E-state index contributed by atoms with van der Waals surface area (Å²) >= 11 is 6.00. The molecule has 0 saturated heterocycles. The summed E-state index contributed by atoms with van der Waals surface area (Å²) < 4.78 is 0. The van der Waals surface area contributed by atoms with Crippen LogP contribution in [0.1, 0.15) is 44.6 Å². The van der Waals surface area contributed by atoms with Gasteiger partial charge in [0.15, 0.2) is 0 Å². The molecular weight excluding hydrogens is 260 g/mol. The van der Waals surface area contributed by atoms with Crippen molar-refractivity contribution in [3.05, 3.63) is 34.9 Å². The fourth-order valence-electron chi connectivity index (χ4n) is 3.30. The number of carboxylic acid groups (broad SMARTS) is 1. The molecule has 0 radical (unpaired) electrons. The number of hydrogen-bond acceptors (Lipinski definition) is 1. The first-order valence-electron chi connectivity index (χ1n) is 7.03. The highest BCUT2D eigenvalue weighted by Crippen LogP contribution is 2.43. The molecule has 1 aliphatic rings. The number of aliphatic carboxylic acids is 1. The molecule has 19 heavy (non-hydrogen) atoms. The highest BCUT2D eigenvalue weighted by atomic mass is 35.5. The van der Waals surface area contributed by atoms with Gasteiger partial charge in [-0.05, 0) is 42.9 Å². The van der Waals surface area contributed by atoms with Crippen molar-refractivity contribution < 1.29 is 9.90 Å². The first-order chi connectivity index (χ1) is 9.05. The second-order valence-electron chi connectivity index (χ2n) is 5.76. The van der Waals surface area contributed by atoms with Crippen molar-refractivity contribution in [2.75, 3.05) is 0 Å². The van der Waals surface area contributed by atoms with Gasteiger partial charge in [0.1, 0.15) is 0 Å². The molecule has 1 saturated carbocycles. The van der Waals surface area contributed by atoms with Gasteiger partial charge in [-0.3, -0.25) is 4.79 Å². The van der Waals surface area contributed by atoms with Gasteiger partial charge in [-0.1, -0.05) is 49.9 Å². The minimum Gasteiger partial charge on any atom is -0.481 e. The van der Waals surface area contributed by atoms with E-state index in [1.165, 1.54) is 6.42 Å². The molecule has 1 N–H and O–H groups in total. The molecule has 1 aromatic carbocycles. The molecule has 0 heterocycles. The number of rotatable bonds is 4. The smallest absolute Gasteiger partial charge is 0.309 e. The predicted octanol–water partition coefficient (Wildman–Crippen LogP) is 4.55. The summed E-state index contributed by atoms with van der Waals surface area (Å²) in [5.74, 6) is -0.102. The molecule has 0 amide bonds. The maximum absolute atomic E-state index is 11.8. The zero-order chi connectivity index (χ0) is 13.9. The number of carbonyl (C=O) groups is 1. The van der Waals surface area contributed by atoms with Crippen LogP contribution in [0.5, 0.6) is 0 Å². The third-order valence-electron chi connectivity index (χ3n) is 4.41. The molecule has 1 aromatic rings. The molecule has 2 nitrogen and oxygen atoms in total. The standard InChI is InChI=1S/C16H21ClO2/c1-2-12-6-4-8-16(10-12,15(18)19)11-13-5-3-7-14(17)9-13/h3,5,7,9,12H,2,4,6,8,10-11H2,1H3,(H,18,19). The lowest BCUT2D eigenvalue weighted by molar-refractivity contribution is -0.152. The van der Waals surface area contributed by atoms with E-state index in [-0.39, 0.29) is 0 Å². The van der Waals surface area contributed by atoms with Crippen molar-refractivity contribution in [2.45, 2.75) is 45.4 Å². The van der Waals surface area contributed by atoms with Crippen LogP contribution in [0.3, 0.4) is 0 Å². The molecule has 1 aliphatic carbocycles. The first kappa shape index (κ1) is 14.4. The molecule has 2 rings (SSSR count). The zero-order valence-corrected chi connectivity index (χ0v) is 12.1. The van der Waals surface area contributed by atoms with Gasteiger partial charge in [-0.15, -0.1) is 0 Å². The van der Waals surface area contributed by atoms with Crippen LogP contribution in [-0.4, -0.2) is 11.1 Å².